The van der Waals surface area contributed by atoms with Gasteiger partial charge in [0, 0.05) is 50.4 Å². The van der Waals surface area contributed by atoms with Gasteiger partial charge in [-0.05, 0) is 48.1 Å². The zero-order valence-electron chi connectivity index (χ0n) is 18.2. The Morgan fingerprint density at radius 3 is 2.61 bits per heavy atom. The minimum atomic E-state index is 0.0933. The third-order valence-electron chi connectivity index (χ3n) is 6.98. The molecule has 5 rings (SSSR count). The first kappa shape index (κ1) is 20.1. The fraction of sp³-hybridized carbons (Fsp3) is 0.500. The standard InChI is InChI=1S/C24H29N3O4/c1-30-21-9-17-6-7-26(14-18(17)10-22(21)31-2)24(29)15-25-11-16-8-19(13-25)20-4-3-5-23(28)27(20)12-16/h3-5,9-10,16,19H,6-8,11-15H2,1-2H3/t16-,19-/m0/s1. The highest BCUT2D eigenvalue weighted by molar-refractivity contribution is 5.78. The average molecular weight is 424 g/mol. The maximum absolute atomic E-state index is 13.1. The molecule has 31 heavy (non-hydrogen) atoms. The molecule has 2 atom stereocenters. The summed E-state index contributed by atoms with van der Waals surface area (Å²) in [5.74, 6) is 2.37. The molecule has 0 unspecified atom stereocenters. The summed E-state index contributed by atoms with van der Waals surface area (Å²) in [5, 5.41) is 0. The summed E-state index contributed by atoms with van der Waals surface area (Å²) in [6, 6.07) is 9.59. The van der Waals surface area contributed by atoms with Crippen molar-refractivity contribution in [1.82, 2.24) is 14.4 Å². The van der Waals surface area contributed by atoms with E-state index in [9.17, 15) is 9.59 Å². The second kappa shape index (κ2) is 8.04. The van der Waals surface area contributed by atoms with Gasteiger partial charge in [-0.3, -0.25) is 14.5 Å². The molecular formula is C24H29N3O4. The van der Waals surface area contributed by atoms with Crippen LogP contribution in [0.5, 0.6) is 11.5 Å². The summed E-state index contributed by atoms with van der Waals surface area (Å²) in [6.45, 7) is 4.23. The zero-order chi connectivity index (χ0) is 21.5. The third kappa shape index (κ3) is 3.71. The van der Waals surface area contributed by atoms with Crippen LogP contribution in [-0.4, -0.2) is 60.7 Å². The van der Waals surface area contributed by atoms with E-state index in [2.05, 4.69) is 11.0 Å². The van der Waals surface area contributed by atoms with E-state index in [4.69, 9.17) is 9.47 Å². The molecule has 1 saturated heterocycles. The number of nitrogens with zero attached hydrogens (tertiary/aromatic N) is 3. The Kier molecular flexibility index (Phi) is 5.22. The Morgan fingerprint density at radius 2 is 1.84 bits per heavy atom. The summed E-state index contributed by atoms with van der Waals surface area (Å²) in [6.07, 6.45) is 1.93. The minimum Gasteiger partial charge on any atom is -0.493 e. The Hall–Kier alpha value is -2.80. The maximum atomic E-state index is 13.1. The van der Waals surface area contributed by atoms with Crippen LogP contribution in [0.25, 0.3) is 0 Å². The van der Waals surface area contributed by atoms with Crippen molar-refractivity contribution in [3.8, 4) is 11.5 Å². The van der Waals surface area contributed by atoms with E-state index < -0.39 is 0 Å². The number of rotatable bonds is 4. The Labute approximate surface area is 182 Å². The highest BCUT2D eigenvalue weighted by atomic mass is 16.5. The van der Waals surface area contributed by atoms with E-state index in [1.807, 2.05) is 27.7 Å². The number of hydrogen-bond acceptors (Lipinski definition) is 5. The maximum Gasteiger partial charge on any atom is 0.250 e. The van der Waals surface area contributed by atoms with Crippen LogP contribution in [0.4, 0.5) is 0 Å². The molecule has 1 aromatic heterocycles. The van der Waals surface area contributed by atoms with E-state index in [0.717, 1.165) is 56.0 Å². The van der Waals surface area contributed by atoms with Gasteiger partial charge in [0.2, 0.25) is 5.91 Å². The number of aromatic nitrogens is 1. The van der Waals surface area contributed by atoms with Crippen LogP contribution in [0.1, 0.15) is 29.2 Å². The van der Waals surface area contributed by atoms with Gasteiger partial charge in [-0.25, -0.2) is 0 Å². The fourth-order valence-electron chi connectivity index (χ4n) is 5.51. The first-order chi connectivity index (χ1) is 15.1. The fourth-order valence-corrected chi connectivity index (χ4v) is 5.51. The quantitative estimate of drug-likeness (QED) is 0.751. The lowest BCUT2D eigenvalue weighted by Crippen LogP contribution is -2.50. The van der Waals surface area contributed by atoms with Crippen molar-refractivity contribution in [3.63, 3.8) is 0 Å². The SMILES string of the molecule is COc1cc2c(cc1OC)CN(C(=O)CN1C[C@@H]3C[C@@H](C1)c1cccc(=O)n1C3)CC2. The van der Waals surface area contributed by atoms with Gasteiger partial charge in [0.15, 0.2) is 11.5 Å². The van der Waals surface area contributed by atoms with Crippen molar-refractivity contribution in [1.29, 1.82) is 0 Å². The van der Waals surface area contributed by atoms with E-state index in [1.165, 1.54) is 5.56 Å². The van der Waals surface area contributed by atoms with Crippen molar-refractivity contribution in [2.75, 3.05) is 40.4 Å². The predicted molar refractivity (Wildman–Crippen MR) is 117 cm³/mol. The molecular weight excluding hydrogens is 394 g/mol. The molecule has 2 bridgehead atoms. The summed E-state index contributed by atoms with van der Waals surface area (Å²) in [5.41, 5.74) is 3.56. The lowest BCUT2D eigenvalue weighted by molar-refractivity contribution is -0.134. The molecule has 0 saturated carbocycles. The van der Waals surface area contributed by atoms with Gasteiger partial charge in [0.25, 0.3) is 5.56 Å². The number of benzene rings is 1. The summed E-state index contributed by atoms with van der Waals surface area (Å²) in [4.78, 5) is 29.6. The molecule has 2 aromatic rings. The molecule has 7 nitrogen and oxygen atoms in total. The van der Waals surface area contributed by atoms with Gasteiger partial charge < -0.3 is 18.9 Å². The molecule has 0 spiro atoms. The topological polar surface area (TPSA) is 64.0 Å². The van der Waals surface area contributed by atoms with Gasteiger partial charge in [0.1, 0.15) is 0 Å². The number of pyridine rings is 1. The number of fused-ring (bicyclic) bond motifs is 5. The average Bonchev–Trinajstić information content (AvgIpc) is 2.78. The Bertz CT molecular complexity index is 1060. The molecule has 0 N–H and O–H groups in total. The Morgan fingerprint density at radius 1 is 1.06 bits per heavy atom. The largest absolute Gasteiger partial charge is 0.493 e. The summed E-state index contributed by atoms with van der Waals surface area (Å²) < 4.78 is 12.8. The monoisotopic (exact) mass is 423 g/mol. The summed E-state index contributed by atoms with van der Waals surface area (Å²) >= 11 is 0. The molecule has 0 aliphatic carbocycles. The van der Waals surface area contributed by atoms with Crippen molar-refractivity contribution in [3.05, 3.63) is 57.5 Å². The lowest BCUT2D eigenvalue weighted by atomic mass is 9.83. The normalized spacial score (nSPS) is 22.5. The molecule has 3 aliphatic heterocycles. The van der Waals surface area contributed by atoms with Crippen LogP contribution >= 0.6 is 0 Å². The predicted octanol–water partition coefficient (Wildman–Crippen LogP) is 1.87. The molecule has 4 heterocycles. The van der Waals surface area contributed by atoms with Crippen molar-refractivity contribution in [2.45, 2.75) is 31.8 Å². The van der Waals surface area contributed by atoms with Crippen molar-refractivity contribution < 1.29 is 14.3 Å². The van der Waals surface area contributed by atoms with Gasteiger partial charge in [-0.1, -0.05) is 6.07 Å². The number of methoxy groups -OCH3 is 2. The second-order valence-corrected chi connectivity index (χ2v) is 8.93. The molecule has 164 valence electrons. The van der Waals surface area contributed by atoms with E-state index >= 15 is 0 Å². The zero-order valence-corrected chi connectivity index (χ0v) is 18.2. The number of piperidine rings is 1. The van der Waals surface area contributed by atoms with Crippen LogP contribution < -0.4 is 15.0 Å². The number of ether oxygens (including phenoxy) is 2. The number of hydrogen-bond donors (Lipinski definition) is 0. The van der Waals surface area contributed by atoms with E-state index in [0.29, 0.717) is 30.7 Å². The second-order valence-electron chi connectivity index (χ2n) is 8.93. The highest BCUT2D eigenvalue weighted by Gasteiger charge is 2.35. The molecule has 1 aromatic carbocycles. The van der Waals surface area contributed by atoms with Crippen LogP contribution in [0.15, 0.2) is 35.1 Å². The molecule has 1 fully saturated rings. The van der Waals surface area contributed by atoms with Crippen LogP contribution in [-0.2, 0) is 24.3 Å². The van der Waals surface area contributed by atoms with Gasteiger partial charge in [0.05, 0.1) is 20.8 Å². The molecule has 7 heteroatoms. The van der Waals surface area contributed by atoms with Gasteiger partial charge in [-0.2, -0.15) is 0 Å². The third-order valence-corrected chi connectivity index (χ3v) is 6.98. The minimum absolute atomic E-state index is 0.0933. The molecule has 0 radical (unpaired) electrons. The molecule has 1 amide bonds. The van der Waals surface area contributed by atoms with Gasteiger partial charge in [-0.15, -0.1) is 0 Å². The number of carbonyl (C=O) groups excluding carboxylic acids is 1. The van der Waals surface area contributed by atoms with Crippen LogP contribution in [0.3, 0.4) is 0 Å². The summed E-state index contributed by atoms with van der Waals surface area (Å²) in [7, 11) is 3.28. The van der Waals surface area contributed by atoms with E-state index in [1.54, 1.807) is 20.3 Å². The number of carbonyl (C=O) groups is 1. The van der Waals surface area contributed by atoms with Crippen LogP contribution in [0.2, 0.25) is 0 Å². The lowest BCUT2D eigenvalue weighted by Gasteiger charge is -2.43. The molecule has 3 aliphatic rings. The first-order valence-corrected chi connectivity index (χ1v) is 11.0. The Balaban J connectivity index is 1.27. The smallest absolute Gasteiger partial charge is 0.250 e. The number of likely N-dealkylation sites (tertiary alicyclic amines) is 1. The first-order valence-electron chi connectivity index (χ1n) is 11.0. The number of amides is 1. The van der Waals surface area contributed by atoms with Gasteiger partial charge >= 0.3 is 0 Å². The highest BCUT2D eigenvalue weighted by Crippen LogP contribution is 2.36. The van der Waals surface area contributed by atoms with E-state index in [-0.39, 0.29) is 11.5 Å². The van der Waals surface area contributed by atoms with Crippen molar-refractivity contribution in [2.24, 2.45) is 5.92 Å². The van der Waals surface area contributed by atoms with Crippen LogP contribution in [0, 0.1) is 5.92 Å². The van der Waals surface area contributed by atoms with Crippen molar-refractivity contribution >= 4 is 5.91 Å².